The maximum absolute atomic E-state index is 11.3. The van der Waals surface area contributed by atoms with Gasteiger partial charge in [-0.2, -0.15) is 8.78 Å². The second kappa shape index (κ2) is 4.09. The van der Waals surface area contributed by atoms with Crippen molar-refractivity contribution in [2.45, 2.75) is 12.2 Å². The van der Waals surface area contributed by atoms with Gasteiger partial charge in [0.2, 0.25) is 0 Å². The monoisotopic (exact) mass is 141 g/mol. The fraction of sp³-hybridized carbons (Fsp3) is 0.750. The van der Waals surface area contributed by atoms with Crippen molar-refractivity contribution in [2.75, 3.05) is 5.75 Å². The van der Waals surface area contributed by atoms with Crippen LogP contribution < -0.4 is 0 Å². The molecular formula is C4H7F2OS. The van der Waals surface area contributed by atoms with Crippen molar-refractivity contribution in [3.8, 4) is 0 Å². The Labute approximate surface area is 50.3 Å². The SMILES string of the molecule is [CH2]CC[S+]([O-])C(F)F. The van der Waals surface area contributed by atoms with E-state index < -0.39 is 16.9 Å². The summed E-state index contributed by atoms with van der Waals surface area (Å²) in [5, 5.41) is 0. The second-order valence-corrected chi connectivity index (χ2v) is 2.73. The van der Waals surface area contributed by atoms with Gasteiger partial charge in [0.25, 0.3) is 0 Å². The molecule has 0 fully saturated rings. The molecule has 0 N–H and O–H groups in total. The Morgan fingerprint density at radius 2 is 2.12 bits per heavy atom. The number of hydrogen-bond acceptors (Lipinski definition) is 1. The zero-order chi connectivity index (χ0) is 6.57. The molecule has 0 bridgehead atoms. The Balaban J connectivity index is 3.17. The molecule has 0 rings (SSSR count). The maximum atomic E-state index is 11.3. The highest BCUT2D eigenvalue weighted by Gasteiger charge is 2.17. The van der Waals surface area contributed by atoms with E-state index in [1.54, 1.807) is 0 Å². The Hall–Kier alpha value is 0.170. The molecule has 0 aromatic rings. The van der Waals surface area contributed by atoms with Gasteiger partial charge in [-0.25, -0.2) is 0 Å². The first kappa shape index (κ1) is 8.17. The first-order chi connectivity index (χ1) is 3.68. The summed E-state index contributed by atoms with van der Waals surface area (Å²) in [4.78, 5) is 0. The van der Waals surface area contributed by atoms with Gasteiger partial charge in [-0.3, -0.25) is 0 Å². The van der Waals surface area contributed by atoms with E-state index in [9.17, 15) is 13.3 Å². The summed E-state index contributed by atoms with van der Waals surface area (Å²) in [6, 6.07) is 0. The van der Waals surface area contributed by atoms with Crippen LogP contribution in [0.25, 0.3) is 0 Å². The lowest BCUT2D eigenvalue weighted by atomic mass is 10.6. The van der Waals surface area contributed by atoms with Gasteiger partial charge in [-0.05, 0) is 13.3 Å². The second-order valence-electron chi connectivity index (χ2n) is 1.20. The summed E-state index contributed by atoms with van der Waals surface area (Å²) >= 11 is -1.97. The van der Waals surface area contributed by atoms with Crippen molar-refractivity contribution in [1.82, 2.24) is 0 Å². The van der Waals surface area contributed by atoms with E-state index in [1.165, 1.54) is 0 Å². The third-order valence-electron chi connectivity index (χ3n) is 0.544. The van der Waals surface area contributed by atoms with Crippen molar-refractivity contribution < 1.29 is 13.3 Å². The van der Waals surface area contributed by atoms with Gasteiger partial charge < -0.3 is 4.55 Å². The first-order valence-electron chi connectivity index (χ1n) is 2.13. The normalized spacial score (nSPS) is 14.6. The Morgan fingerprint density at radius 1 is 1.62 bits per heavy atom. The fourth-order valence-electron chi connectivity index (χ4n) is 0.231. The molecule has 4 heteroatoms. The molecule has 0 saturated heterocycles. The topological polar surface area (TPSA) is 23.1 Å². The van der Waals surface area contributed by atoms with Crippen LogP contribution in [0.2, 0.25) is 0 Å². The molecule has 0 amide bonds. The van der Waals surface area contributed by atoms with Crippen molar-refractivity contribution in [2.24, 2.45) is 0 Å². The molecule has 0 heterocycles. The number of halogens is 2. The third-order valence-corrected chi connectivity index (χ3v) is 1.63. The minimum absolute atomic E-state index is 0.00231. The van der Waals surface area contributed by atoms with Crippen molar-refractivity contribution >= 4 is 11.2 Å². The molecule has 0 spiro atoms. The van der Waals surface area contributed by atoms with Crippen LogP contribution in [0.4, 0.5) is 8.78 Å². The van der Waals surface area contributed by atoms with E-state index >= 15 is 0 Å². The highest BCUT2D eigenvalue weighted by Crippen LogP contribution is 2.05. The zero-order valence-corrected chi connectivity index (χ0v) is 5.09. The van der Waals surface area contributed by atoms with Crippen LogP contribution in [0.15, 0.2) is 0 Å². The smallest absolute Gasteiger partial charge is 0.397 e. The molecule has 1 nitrogen and oxygen atoms in total. The van der Waals surface area contributed by atoms with Crippen LogP contribution in [0.5, 0.6) is 0 Å². The first-order valence-corrected chi connectivity index (χ1v) is 3.51. The van der Waals surface area contributed by atoms with Crippen LogP contribution >= 0.6 is 0 Å². The highest BCUT2D eigenvalue weighted by atomic mass is 32.2. The molecule has 49 valence electrons. The molecule has 1 atom stereocenters. The quantitative estimate of drug-likeness (QED) is 0.541. The molecule has 0 aliphatic rings. The van der Waals surface area contributed by atoms with Crippen LogP contribution in [-0.2, 0) is 11.2 Å². The maximum Gasteiger partial charge on any atom is 0.397 e. The lowest BCUT2D eigenvalue weighted by molar-refractivity contribution is 0.235. The molecule has 0 aliphatic heterocycles. The van der Waals surface area contributed by atoms with Gasteiger partial charge in [0.15, 0.2) is 0 Å². The van der Waals surface area contributed by atoms with E-state index in [0.29, 0.717) is 6.42 Å². The largest absolute Gasteiger partial charge is 0.612 e. The molecule has 0 aromatic heterocycles. The van der Waals surface area contributed by atoms with Crippen molar-refractivity contribution in [3.63, 3.8) is 0 Å². The summed E-state index contributed by atoms with van der Waals surface area (Å²) in [7, 11) is 0. The summed E-state index contributed by atoms with van der Waals surface area (Å²) in [5.74, 6) is -2.70. The van der Waals surface area contributed by atoms with Gasteiger partial charge >= 0.3 is 5.76 Å². The molecule has 1 radical (unpaired) electrons. The molecule has 0 aromatic carbocycles. The predicted molar refractivity (Wildman–Crippen MR) is 29.0 cm³/mol. The predicted octanol–water partition coefficient (Wildman–Crippen LogP) is 1.18. The molecular weight excluding hydrogens is 134 g/mol. The fourth-order valence-corrected chi connectivity index (χ4v) is 0.694. The van der Waals surface area contributed by atoms with Gasteiger partial charge in [-0.15, -0.1) is 0 Å². The Bertz CT molecular complexity index is 60.0. The summed E-state index contributed by atoms with van der Waals surface area (Å²) < 4.78 is 32.6. The van der Waals surface area contributed by atoms with Gasteiger partial charge in [0, 0.05) is 11.2 Å². The standard InChI is InChI=1S/C4H7F2OS/c1-2-3-8(7)4(5)6/h4H,1-3H2. The van der Waals surface area contributed by atoms with E-state index in [4.69, 9.17) is 0 Å². The van der Waals surface area contributed by atoms with Gasteiger partial charge in [0.1, 0.15) is 5.75 Å². The summed E-state index contributed by atoms with van der Waals surface area (Å²) in [5.41, 5.74) is 0. The molecule has 1 unspecified atom stereocenters. The minimum atomic E-state index is -2.70. The number of hydrogen-bond donors (Lipinski definition) is 0. The zero-order valence-electron chi connectivity index (χ0n) is 4.27. The van der Waals surface area contributed by atoms with Crippen LogP contribution in [0.3, 0.4) is 0 Å². The van der Waals surface area contributed by atoms with E-state index in [2.05, 4.69) is 6.92 Å². The summed E-state index contributed by atoms with van der Waals surface area (Å²) in [6.45, 7) is 3.28. The molecule has 8 heavy (non-hydrogen) atoms. The van der Waals surface area contributed by atoms with Crippen LogP contribution in [-0.4, -0.2) is 16.1 Å². The van der Waals surface area contributed by atoms with Crippen LogP contribution in [0.1, 0.15) is 6.42 Å². The van der Waals surface area contributed by atoms with Crippen LogP contribution in [0, 0.1) is 6.92 Å². The van der Waals surface area contributed by atoms with E-state index in [1.807, 2.05) is 0 Å². The average Bonchev–Trinajstić information content (AvgIpc) is 1.67. The minimum Gasteiger partial charge on any atom is -0.612 e. The number of alkyl halides is 2. The Kier molecular flexibility index (Phi) is 4.18. The van der Waals surface area contributed by atoms with Gasteiger partial charge in [-0.1, -0.05) is 0 Å². The van der Waals surface area contributed by atoms with Gasteiger partial charge in [0.05, 0.1) is 0 Å². The van der Waals surface area contributed by atoms with Crippen molar-refractivity contribution in [3.05, 3.63) is 6.92 Å². The average molecular weight is 141 g/mol. The third kappa shape index (κ3) is 3.21. The van der Waals surface area contributed by atoms with Crippen molar-refractivity contribution in [1.29, 1.82) is 0 Å². The highest BCUT2D eigenvalue weighted by molar-refractivity contribution is 7.91. The summed E-state index contributed by atoms with van der Waals surface area (Å²) in [6.07, 6.45) is 0.303. The molecule has 0 aliphatic carbocycles. The Morgan fingerprint density at radius 3 is 2.25 bits per heavy atom. The number of rotatable bonds is 3. The lowest BCUT2D eigenvalue weighted by Crippen LogP contribution is -2.14. The van der Waals surface area contributed by atoms with E-state index in [-0.39, 0.29) is 5.75 Å². The lowest BCUT2D eigenvalue weighted by Gasteiger charge is -2.05. The molecule has 0 saturated carbocycles. The van der Waals surface area contributed by atoms with E-state index in [0.717, 1.165) is 0 Å².